The van der Waals surface area contributed by atoms with Gasteiger partial charge in [-0.1, -0.05) is 11.6 Å². The Hall–Kier alpha value is -1.24. The Kier molecular flexibility index (Phi) is 5.69. The van der Waals surface area contributed by atoms with Crippen LogP contribution in [0, 0.1) is 11.3 Å². The van der Waals surface area contributed by atoms with Gasteiger partial charge in [-0.25, -0.2) is 0 Å². The Morgan fingerprint density at radius 3 is 2.75 bits per heavy atom. The Morgan fingerprint density at radius 1 is 1.31 bits per heavy atom. The fourth-order valence-corrected chi connectivity index (χ4v) is 1.40. The Bertz CT molecular complexity index is 374. The van der Waals surface area contributed by atoms with Crippen molar-refractivity contribution in [1.29, 1.82) is 5.26 Å². The van der Waals surface area contributed by atoms with Crippen LogP contribution in [0.5, 0.6) is 5.75 Å². The normalized spacial score (nSPS) is 9.81. The maximum Gasteiger partial charge on any atom is 0.138 e. The van der Waals surface area contributed by atoms with E-state index in [4.69, 9.17) is 26.3 Å². The van der Waals surface area contributed by atoms with Crippen molar-refractivity contribution in [2.24, 2.45) is 0 Å². The van der Waals surface area contributed by atoms with Crippen LogP contribution in [0.2, 0.25) is 5.02 Å². The molecule has 0 aliphatic carbocycles. The number of unbranched alkanes of at least 4 members (excludes halogenated alkanes) is 1. The average molecular weight is 240 g/mol. The van der Waals surface area contributed by atoms with Gasteiger partial charge in [-0.2, -0.15) is 5.26 Å². The zero-order valence-corrected chi connectivity index (χ0v) is 9.96. The molecule has 86 valence electrons. The van der Waals surface area contributed by atoms with Gasteiger partial charge in [0.15, 0.2) is 0 Å². The Labute approximate surface area is 101 Å². The van der Waals surface area contributed by atoms with E-state index in [0.29, 0.717) is 22.9 Å². The number of hydrogen-bond acceptors (Lipinski definition) is 3. The van der Waals surface area contributed by atoms with E-state index in [9.17, 15) is 0 Å². The van der Waals surface area contributed by atoms with Gasteiger partial charge in [0.2, 0.25) is 0 Å². The molecule has 0 spiro atoms. The summed E-state index contributed by atoms with van der Waals surface area (Å²) in [7, 11) is 1.67. The zero-order valence-electron chi connectivity index (χ0n) is 9.20. The summed E-state index contributed by atoms with van der Waals surface area (Å²) in [5, 5.41) is 9.43. The molecule has 0 saturated carbocycles. The van der Waals surface area contributed by atoms with Crippen molar-refractivity contribution in [3.8, 4) is 11.8 Å². The fraction of sp³-hybridized carbons (Fsp3) is 0.417. The molecule has 0 amide bonds. The highest BCUT2D eigenvalue weighted by molar-refractivity contribution is 6.30. The molecular formula is C12H14ClNO2. The lowest BCUT2D eigenvalue weighted by molar-refractivity contribution is 0.184. The lowest BCUT2D eigenvalue weighted by atomic mass is 10.2. The summed E-state index contributed by atoms with van der Waals surface area (Å²) in [6.07, 6.45) is 1.84. The molecule has 0 radical (unpaired) electrons. The van der Waals surface area contributed by atoms with Crippen LogP contribution in [0.4, 0.5) is 0 Å². The minimum Gasteiger partial charge on any atom is -0.492 e. The first-order valence-corrected chi connectivity index (χ1v) is 5.47. The summed E-state index contributed by atoms with van der Waals surface area (Å²) < 4.78 is 10.4. The molecule has 4 heteroatoms. The van der Waals surface area contributed by atoms with Crippen LogP contribution in [0.25, 0.3) is 0 Å². The topological polar surface area (TPSA) is 42.2 Å². The van der Waals surface area contributed by atoms with Crippen LogP contribution < -0.4 is 4.74 Å². The quantitative estimate of drug-likeness (QED) is 0.717. The van der Waals surface area contributed by atoms with E-state index in [1.54, 1.807) is 25.3 Å². The van der Waals surface area contributed by atoms with Crippen LogP contribution in [-0.4, -0.2) is 20.3 Å². The van der Waals surface area contributed by atoms with Crippen LogP contribution in [0.3, 0.4) is 0 Å². The number of rotatable bonds is 6. The third-order valence-corrected chi connectivity index (χ3v) is 2.30. The molecule has 3 nitrogen and oxygen atoms in total. The first kappa shape index (κ1) is 12.8. The van der Waals surface area contributed by atoms with Gasteiger partial charge in [0.25, 0.3) is 0 Å². The summed E-state index contributed by atoms with van der Waals surface area (Å²) in [6.45, 7) is 1.29. The van der Waals surface area contributed by atoms with Crippen molar-refractivity contribution in [3.05, 3.63) is 28.8 Å². The molecule has 0 unspecified atom stereocenters. The predicted octanol–water partition coefficient (Wildman–Crippen LogP) is 3.02. The molecule has 0 bridgehead atoms. The van der Waals surface area contributed by atoms with E-state index < -0.39 is 0 Å². The molecule has 1 rings (SSSR count). The summed E-state index contributed by atoms with van der Waals surface area (Å²) in [4.78, 5) is 0. The SMILES string of the molecule is COCCCCOc1cc(Cl)ccc1C#N. The summed E-state index contributed by atoms with van der Waals surface area (Å²) in [5.74, 6) is 0.549. The number of halogens is 1. The second-order valence-corrected chi connectivity index (χ2v) is 3.74. The van der Waals surface area contributed by atoms with Gasteiger partial charge in [0, 0.05) is 24.8 Å². The number of ether oxygens (including phenoxy) is 2. The molecule has 0 aromatic heterocycles. The summed E-state index contributed by atoms with van der Waals surface area (Å²) in [6, 6.07) is 7.07. The molecule has 0 heterocycles. The largest absolute Gasteiger partial charge is 0.492 e. The van der Waals surface area contributed by atoms with Crippen molar-refractivity contribution >= 4 is 11.6 Å². The van der Waals surface area contributed by atoms with Crippen molar-refractivity contribution in [2.45, 2.75) is 12.8 Å². The molecule has 0 saturated heterocycles. The van der Waals surface area contributed by atoms with Crippen molar-refractivity contribution in [1.82, 2.24) is 0 Å². The second kappa shape index (κ2) is 7.10. The number of nitrogens with zero attached hydrogens (tertiary/aromatic N) is 1. The molecule has 1 aromatic rings. The Balaban J connectivity index is 2.46. The van der Waals surface area contributed by atoms with Crippen LogP contribution in [0.1, 0.15) is 18.4 Å². The van der Waals surface area contributed by atoms with Gasteiger partial charge < -0.3 is 9.47 Å². The zero-order chi connectivity index (χ0) is 11.8. The third kappa shape index (κ3) is 4.09. The van der Waals surface area contributed by atoms with Gasteiger partial charge in [-0.15, -0.1) is 0 Å². The lowest BCUT2D eigenvalue weighted by Crippen LogP contribution is -2.00. The lowest BCUT2D eigenvalue weighted by Gasteiger charge is -2.07. The number of nitriles is 1. The minimum absolute atomic E-state index is 0.510. The second-order valence-electron chi connectivity index (χ2n) is 3.30. The van der Waals surface area contributed by atoms with Gasteiger partial charge in [-0.3, -0.25) is 0 Å². The first-order valence-electron chi connectivity index (χ1n) is 5.09. The smallest absolute Gasteiger partial charge is 0.138 e. The van der Waals surface area contributed by atoms with Crippen LogP contribution in [0.15, 0.2) is 18.2 Å². The van der Waals surface area contributed by atoms with Crippen LogP contribution >= 0.6 is 11.6 Å². The molecule has 0 aliphatic rings. The van der Waals surface area contributed by atoms with E-state index >= 15 is 0 Å². The Morgan fingerprint density at radius 2 is 2.06 bits per heavy atom. The van der Waals surface area contributed by atoms with Gasteiger partial charge in [-0.05, 0) is 25.0 Å². The van der Waals surface area contributed by atoms with Gasteiger partial charge in [0.05, 0.1) is 12.2 Å². The number of methoxy groups -OCH3 is 1. The minimum atomic E-state index is 0.510. The molecule has 16 heavy (non-hydrogen) atoms. The fourth-order valence-electron chi connectivity index (χ4n) is 1.24. The highest BCUT2D eigenvalue weighted by Gasteiger charge is 2.03. The average Bonchev–Trinajstić information content (AvgIpc) is 2.29. The van der Waals surface area contributed by atoms with E-state index in [1.807, 2.05) is 0 Å². The van der Waals surface area contributed by atoms with E-state index in [-0.39, 0.29) is 0 Å². The summed E-state index contributed by atoms with van der Waals surface area (Å²) >= 11 is 5.83. The molecule has 0 aliphatic heterocycles. The first-order chi connectivity index (χ1) is 7.77. The van der Waals surface area contributed by atoms with Crippen LogP contribution in [-0.2, 0) is 4.74 Å². The maximum atomic E-state index is 8.86. The van der Waals surface area contributed by atoms with E-state index in [2.05, 4.69) is 6.07 Å². The van der Waals surface area contributed by atoms with E-state index in [0.717, 1.165) is 19.4 Å². The van der Waals surface area contributed by atoms with Gasteiger partial charge in [0.1, 0.15) is 11.8 Å². The molecule has 0 atom stereocenters. The highest BCUT2D eigenvalue weighted by Crippen LogP contribution is 2.22. The number of hydrogen-bond donors (Lipinski definition) is 0. The highest BCUT2D eigenvalue weighted by atomic mass is 35.5. The van der Waals surface area contributed by atoms with Crippen molar-refractivity contribution in [3.63, 3.8) is 0 Å². The molecule has 0 fully saturated rings. The monoisotopic (exact) mass is 239 g/mol. The third-order valence-electron chi connectivity index (χ3n) is 2.06. The van der Waals surface area contributed by atoms with Crippen molar-refractivity contribution < 1.29 is 9.47 Å². The van der Waals surface area contributed by atoms with Crippen molar-refractivity contribution in [2.75, 3.05) is 20.3 Å². The van der Waals surface area contributed by atoms with Gasteiger partial charge >= 0.3 is 0 Å². The maximum absolute atomic E-state index is 8.86. The van der Waals surface area contributed by atoms with E-state index in [1.165, 1.54) is 0 Å². The summed E-state index contributed by atoms with van der Waals surface area (Å²) in [5.41, 5.74) is 0.510. The molecule has 0 N–H and O–H groups in total. The standard InChI is InChI=1S/C12H14ClNO2/c1-15-6-2-3-7-16-12-8-11(13)5-4-10(12)9-14/h4-5,8H,2-3,6-7H2,1H3. The molecular weight excluding hydrogens is 226 g/mol. The predicted molar refractivity (Wildman–Crippen MR) is 62.8 cm³/mol. The molecule has 1 aromatic carbocycles. The number of benzene rings is 1.